The summed E-state index contributed by atoms with van der Waals surface area (Å²) in [7, 11) is -3.60. The fourth-order valence-electron chi connectivity index (χ4n) is 2.44. The van der Waals surface area contributed by atoms with Crippen molar-refractivity contribution in [2.75, 3.05) is 13.1 Å². The zero-order chi connectivity index (χ0) is 18.6. The molecule has 1 N–H and O–H groups in total. The number of thiophene rings is 1. The average molecular weight is 445 g/mol. The maximum absolute atomic E-state index is 12.8. The predicted octanol–water partition coefficient (Wildman–Crippen LogP) is 3.78. The summed E-state index contributed by atoms with van der Waals surface area (Å²) in [5.74, 6) is -0.291. The summed E-state index contributed by atoms with van der Waals surface area (Å²) >= 11 is 4.92. The molecule has 0 saturated heterocycles. The van der Waals surface area contributed by atoms with E-state index in [0.717, 1.165) is 9.35 Å². The van der Waals surface area contributed by atoms with E-state index in [-0.39, 0.29) is 10.8 Å². The van der Waals surface area contributed by atoms with Gasteiger partial charge in [0, 0.05) is 33.4 Å². The van der Waals surface area contributed by atoms with Gasteiger partial charge in [-0.25, -0.2) is 8.42 Å². The van der Waals surface area contributed by atoms with Crippen molar-refractivity contribution in [3.63, 3.8) is 0 Å². The van der Waals surface area contributed by atoms with Crippen molar-refractivity contribution in [1.29, 1.82) is 0 Å². The molecule has 1 amide bonds. The maximum Gasteiger partial charge on any atom is 0.251 e. The highest BCUT2D eigenvalue weighted by Gasteiger charge is 2.24. The zero-order valence-electron chi connectivity index (χ0n) is 14.4. The molecule has 0 aliphatic carbocycles. The van der Waals surface area contributed by atoms with Crippen molar-refractivity contribution >= 4 is 43.2 Å². The second kappa shape index (κ2) is 8.44. The minimum atomic E-state index is -3.60. The van der Waals surface area contributed by atoms with Gasteiger partial charge in [0.25, 0.3) is 5.91 Å². The molecule has 25 heavy (non-hydrogen) atoms. The van der Waals surface area contributed by atoms with Crippen LogP contribution in [-0.4, -0.2) is 31.7 Å². The van der Waals surface area contributed by atoms with Crippen LogP contribution in [0.1, 0.15) is 34.6 Å². The highest BCUT2D eigenvalue weighted by atomic mass is 79.9. The Hall–Kier alpha value is -1.22. The lowest BCUT2D eigenvalue weighted by atomic mass is 10.1. The number of hydrogen-bond acceptors (Lipinski definition) is 4. The van der Waals surface area contributed by atoms with E-state index in [1.165, 1.54) is 10.4 Å². The van der Waals surface area contributed by atoms with Crippen molar-refractivity contribution in [1.82, 2.24) is 9.62 Å². The van der Waals surface area contributed by atoms with E-state index in [9.17, 15) is 13.2 Å². The van der Waals surface area contributed by atoms with E-state index in [1.54, 1.807) is 44.2 Å². The number of benzene rings is 1. The molecule has 0 aliphatic rings. The molecule has 136 valence electrons. The third-order valence-corrected chi connectivity index (χ3v) is 7.71. The number of nitrogens with one attached hydrogen (secondary N) is 1. The smallest absolute Gasteiger partial charge is 0.251 e. The molecule has 0 unspecified atom stereocenters. The molecular formula is C17H21BrN2O3S2. The first-order valence-electron chi connectivity index (χ1n) is 7.91. The van der Waals surface area contributed by atoms with Crippen LogP contribution in [0.15, 0.2) is 39.0 Å². The van der Waals surface area contributed by atoms with Gasteiger partial charge in [0.05, 0.1) is 11.4 Å². The van der Waals surface area contributed by atoms with Gasteiger partial charge in [-0.15, -0.1) is 11.3 Å². The van der Waals surface area contributed by atoms with Crippen molar-refractivity contribution in [3.05, 3.63) is 50.1 Å². The molecule has 1 heterocycles. The van der Waals surface area contributed by atoms with E-state index in [1.807, 2.05) is 11.4 Å². The van der Waals surface area contributed by atoms with Crippen LogP contribution in [0, 0.1) is 6.92 Å². The van der Waals surface area contributed by atoms with Crippen LogP contribution in [0.3, 0.4) is 0 Å². The maximum atomic E-state index is 12.8. The molecule has 8 heteroatoms. The summed E-state index contributed by atoms with van der Waals surface area (Å²) in [6.45, 7) is 6.52. The molecule has 5 nitrogen and oxygen atoms in total. The van der Waals surface area contributed by atoms with Crippen LogP contribution in [0.5, 0.6) is 0 Å². The van der Waals surface area contributed by atoms with Crippen molar-refractivity contribution in [2.24, 2.45) is 0 Å². The van der Waals surface area contributed by atoms with Crippen LogP contribution in [0.25, 0.3) is 0 Å². The van der Waals surface area contributed by atoms with Crippen LogP contribution in [-0.2, 0) is 16.6 Å². The lowest BCUT2D eigenvalue weighted by molar-refractivity contribution is 0.0951. The molecule has 0 spiro atoms. The Morgan fingerprint density at radius 2 is 1.92 bits per heavy atom. The first kappa shape index (κ1) is 20.1. The van der Waals surface area contributed by atoms with E-state index in [4.69, 9.17) is 0 Å². The van der Waals surface area contributed by atoms with Gasteiger partial charge in [-0.2, -0.15) is 4.31 Å². The van der Waals surface area contributed by atoms with E-state index < -0.39 is 10.0 Å². The summed E-state index contributed by atoms with van der Waals surface area (Å²) < 4.78 is 27.9. The Balaban J connectivity index is 2.24. The largest absolute Gasteiger partial charge is 0.347 e. The first-order chi connectivity index (χ1) is 11.8. The first-order valence-corrected chi connectivity index (χ1v) is 11.0. The fourth-order valence-corrected chi connectivity index (χ4v) is 5.54. The standard InChI is InChI=1S/C17H21BrN2O3S2/c1-4-20(5-2)25(22,23)16-8-13(7-6-12(16)3)17(21)19-10-15-9-14(18)11-24-15/h6-9,11H,4-5,10H2,1-3H3,(H,19,21). The molecule has 0 saturated carbocycles. The van der Waals surface area contributed by atoms with E-state index in [0.29, 0.717) is 30.8 Å². The molecule has 1 aromatic heterocycles. The predicted molar refractivity (Wildman–Crippen MR) is 104 cm³/mol. The van der Waals surface area contributed by atoms with Crippen molar-refractivity contribution < 1.29 is 13.2 Å². The molecule has 2 rings (SSSR count). The quantitative estimate of drug-likeness (QED) is 0.706. The van der Waals surface area contributed by atoms with Gasteiger partial charge in [-0.1, -0.05) is 19.9 Å². The van der Waals surface area contributed by atoms with E-state index in [2.05, 4.69) is 21.2 Å². The number of sulfonamides is 1. The molecule has 0 radical (unpaired) electrons. The number of carbonyl (C=O) groups excluding carboxylic acids is 1. The average Bonchev–Trinajstić information content (AvgIpc) is 2.99. The molecular weight excluding hydrogens is 424 g/mol. The number of halogens is 1. The molecule has 1 aromatic carbocycles. The Labute approximate surface area is 161 Å². The zero-order valence-corrected chi connectivity index (χ0v) is 17.6. The van der Waals surface area contributed by atoms with Crippen LogP contribution in [0.4, 0.5) is 0 Å². The molecule has 0 fully saturated rings. The van der Waals surface area contributed by atoms with Crippen LogP contribution >= 0.6 is 27.3 Å². The topological polar surface area (TPSA) is 66.5 Å². The monoisotopic (exact) mass is 444 g/mol. The normalized spacial score (nSPS) is 11.7. The Bertz CT molecular complexity index is 859. The third-order valence-electron chi connectivity index (χ3n) is 3.82. The highest BCUT2D eigenvalue weighted by Crippen LogP contribution is 2.22. The lowest BCUT2D eigenvalue weighted by Gasteiger charge is -2.20. The lowest BCUT2D eigenvalue weighted by Crippen LogP contribution is -2.31. The fraction of sp³-hybridized carbons (Fsp3) is 0.353. The number of nitrogens with zero attached hydrogens (tertiary/aromatic N) is 1. The summed E-state index contributed by atoms with van der Waals surface area (Å²) in [5.41, 5.74) is 0.970. The summed E-state index contributed by atoms with van der Waals surface area (Å²) in [4.78, 5) is 13.6. The number of aryl methyl sites for hydroxylation is 1. The van der Waals surface area contributed by atoms with Crippen LogP contribution < -0.4 is 5.32 Å². The van der Waals surface area contributed by atoms with E-state index >= 15 is 0 Å². The van der Waals surface area contributed by atoms with Gasteiger partial charge in [0.15, 0.2) is 0 Å². The molecule has 0 aliphatic heterocycles. The number of rotatable bonds is 7. The summed E-state index contributed by atoms with van der Waals surface area (Å²) in [6, 6.07) is 6.72. The third kappa shape index (κ3) is 4.69. The summed E-state index contributed by atoms with van der Waals surface area (Å²) in [5, 5.41) is 4.77. The van der Waals surface area contributed by atoms with Crippen molar-refractivity contribution in [2.45, 2.75) is 32.2 Å². The second-order valence-corrected chi connectivity index (χ2v) is 9.30. The Kier molecular flexibility index (Phi) is 6.79. The van der Waals surface area contributed by atoms with Gasteiger partial charge < -0.3 is 5.32 Å². The highest BCUT2D eigenvalue weighted by molar-refractivity contribution is 9.10. The second-order valence-electron chi connectivity index (χ2n) is 5.48. The van der Waals surface area contributed by atoms with Gasteiger partial charge in [-0.3, -0.25) is 4.79 Å². The number of hydrogen-bond donors (Lipinski definition) is 1. The Morgan fingerprint density at radius 3 is 2.48 bits per heavy atom. The minimum absolute atomic E-state index is 0.183. The molecule has 0 bridgehead atoms. The van der Waals surface area contributed by atoms with Crippen molar-refractivity contribution in [3.8, 4) is 0 Å². The Morgan fingerprint density at radius 1 is 1.24 bits per heavy atom. The molecule has 2 aromatic rings. The van der Waals surface area contributed by atoms with Gasteiger partial charge >= 0.3 is 0 Å². The summed E-state index contributed by atoms with van der Waals surface area (Å²) in [6.07, 6.45) is 0. The molecule has 0 atom stereocenters. The SMILES string of the molecule is CCN(CC)S(=O)(=O)c1cc(C(=O)NCc2cc(Br)cs2)ccc1C. The van der Waals surface area contributed by atoms with Gasteiger partial charge in [-0.05, 0) is 46.6 Å². The van der Waals surface area contributed by atoms with Gasteiger partial charge in [0.2, 0.25) is 10.0 Å². The number of carbonyl (C=O) groups is 1. The van der Waals surface area contributed by atoms with Gasteiger partial charge in [0.1, 0.15) is 0 Å². The minimum Gasteiger partial charge on any atom is -0.347 e. The van der Waals surface area contributed by atoms with Crippen LogP contribution in [0.2, 0.25) is 0 Å². The number of amides is 1.